The summed E-state index contributed by atoms with van der Waals surface area (Å²) in [6.07, 6.45) is 0. The fourth-order valence-electron chi connectivity index (χ4n) is 3.45. The van der Waals surface area contributed by atoms with Crippen molar-refractivity contribution in [3.8, 4) is 10.6 Å². The molecule has 0 fully saturated rings. The van der Waals surface area contributed by atoms with Gasteiger partial charge in [0.05, 0.1) is 32.8 Å². The molecule has 146 valence electrons. The molecule has 1 aliphatic rings. The van der Waals surface area contributed by atoms with Crippen molar-refractivity contribution in [2.75, 3.05) is 6.73 Å². The maximum atomic E-state index is 12.9. The van der Waals surface area contributed by atoms with Gasteiger partial charge in [-0.3, -0.25) is 9.59 Å². The van der Waals surface area contributed by atoms with Gasteiger partial charge in [-0.1, -0.05) is 36.4 Å². The minimum atomic E-state index is -0.622. The second-order valence-electron chi connectivity index (χ2n) is 6.69. The van der Waals surface area contributed by atoms with Gasteiger partial charge in [0.1, 0.15) is 0 Å². The van der Waals surface area contributed by atoms with Crippen LogP contribution in [0.5, 0.6) is 0 Å². The van der Waals surface area contributed by atoms with E-state index in [4.69, 9.17) is 4.74 Å². The summed E-state index contributed by atoms with van der Waals surface area (Å²) in [7, 11) is 0. The predicted octanol–water partition coefficient (Wildman–Crippen LogP) is 4.37. The number of ether oxygens (including phenoxy) is 1. The minimum Gasteiger partial charge on any atom is -0.440 e. The molecule has 30 heavy (non-hydrogen) atoms. The summed E-state index contributed by atoms with van der Waals surface area (Å²) in [5.74, 6) is -1.56. The zero-order chi connectivity index (χ0) is 20.7. The second-order valence-corrected chi connectivity index (χ2v) is 7.64. The first kappa shape index (κ1) is 18.2. The Balaban J connectivity index is 1.44. The normalized spacial score (nSPS) is 13.0. The lowest BCUT2D eigenvalue weighted by Crippen LogP contribution is -2.33. The van der Waals surface area contributed by atoms with E-state index in [-0.39, 0.29) is 0 Å². The van der Waals surface area contributed by atoms with Crippen molar-refractivity contribution in [2.45, 2.75) is 0 Å². The first-order valence-electron chi connectivity index (χ1n) is 9.19. The number of benzene rings is 2. The monoisotopic (exact) mass is 414 g/mol. The van der Waals surface area contributed by atoms with Crippen molar-refractivity contribution >= 4 is 40.0 Å². The van der Waals surface area contributed by atoms with E-state index in [1.807, 2.05) is 35.7 Å². The van der Waals surface area contributed by atoms with Crippen LogP contribution in [0.4, 0.5) is 0 Å². The van der Waals surface area contributed by atoms with Gasteiger partial charge in [-0.2, -0.15) is 0 Å². The second kappa shape index (κ2) is 7.20. The number of amides is 2. The summed E-state index contributed by atoms with van der Waals surface area (Å²) in [5, 5.41) is 2.58. The zero-order valence-corrected chi connectivity index (χ0v) is 16.4. The molecule has 7 heteroatoms. The highest BCUT2D eigenvalue weighted by Crippen LogP contribution is 2.28. The van der Waals surface area contributed by atoms with Gasteiger partial charge in [0, 0.05) is 5.39 Å². The minimum absolute atomic E-state index is 0.313. The third-order valence-corrected chi connectivity index (χ3v) is 5.81. The highest BCUT2D eigenvalue weighted by molar-refractivity contribution is 7.13. The fraction of sp³-hybridized carbons (Fsp3) is 0.0435. The number of pyridine rings is 1. The van der Waals surface area contributed by atoms with Crippen LogP contribution < -0.4 is 0 Å². The van der Waals surface area contributed by atoms with Gasteiger partial charge in [0.25, 0.3) is 11.8 Å². The summed E-state index contributed by atoms with van der Waals surface area (Å²) < 4.78 is 5.39. The number of hydrogen-bond donors (Lipinski definition) is 0. The lowest BCUT2D eigenvalue weighted by Gasteiger charge is -2.15. The number of esters is 1. The molecule has 2 amide bonds. The number of hydrogen-bond acceptors (Lipinski definition) is 6. The Kier molecular flexibility index (Phi) is 4.37. The molecule has 0 N–H and O–H groups in total. The molecule has 1 aliphatic heterocycles. The Hall–Kier alpha value is -3.84. The highest BCUT2D eigenvalue weighted by Gasteiger charge is 2.36. The van der Waals surface area contributed by atoms with Crippen molar-refractivity contribution in [1.82, 2.24) is 9.88 Å². The topological polar surface area (TPSA) is 76.6 Å². The van der Waals surface area contributed by atoms with Gasteiger partial charge in [-0.25, -0.2) is 14.7 Å². The maximum Gasteiger partial charge on any atom is 0.340 e. The van der Waals surface area contributed by atoms with Crippen LogP contribution in [-0.2, 0) is 4.74 Å². The van der Waals surface area contributed by atoms with Crippen LogP contribution >= 0.6 is 11.3 Å². The molecule has 3 heterocycles. The molecule has 0 bridgehead atoms. The summed E-state index contributed by atoms with van der Waals surface area (Å²) >= 11 is 1.52. The SMILES string of the molecule is O=C(OCN1C(=O)c2ccccc2C1=O)c1cc(-c2cccs2)nc2ccccc12. The maximum absolute atomic E-state index is 12.9. The van der Waals surface area contributed by atoms with Gasteiger partial charge in [-0.05, 0) is 35.7 Å². The van der Waals surface area contributed by atoms with Crippen LogP contribution in [0.15, 0.2) is 72.1 Å². The van der Waals surface area contributed by atoms with Gasteiger partial charge in [0.15, 0.2) is 6.73 Å². The Labute approximate surface area is 175 Å². The van der Waals surface area contributed by atoms with Crippen molar-refractivity contribution in [3.63, 3.8) is 0 Å². The van der Waals surface area contributed by atoms with Gasteiger partial charge in [-0.15, -0.1) is 11.3 Å². The Morgan fingerprint density at radius 1 is 0.933 bits per heavy atom. The summed E-state index contributed by atoms with van der Waals surface area (Å²) in [6, 6.07) is 19.3. The van der Waals surface area contributed by atoms with E-state index in [0.29, 0.717) is 33.3 Å². The van der Waals surface area contributed by atoms with E-state index in [2.05, 4.69) is 4.98 Å². The van der Waals surface area contributed by atoms with Crippen molar-refractivity contribution < 1.29 is 19.1 Å². The standard InChI is InChI=1S/C23H14N2O4S/c26-21-15-7-1-2-8-16(15)22(27)25(21)13-29-23(28)17-12-19(20-10-5-11-30-20)24-18-9-4-3-6-14(17)18/h1-12H,13H2. The number of rotatable bonds is 4. The Bertz CT molecular complexity index is 1280. The van der Waals surface area contributed by atoms with E-state index in [9.17, 15) is 14.4 Å². The molecule has 0 atom stereocenters. The molecular formula is C23H14N2O4S. The molecule has 0 saturated carbocycles. The zero-order valence-electron chi connectivity index (χ0n) is 15.6. The van der Waals surface area contributed by atoms with E-state index in [1.54, 1.807) is 36.4 Å². The van der Waals surface area contributed by atoms with Crippen LogP contribution in [0.2, 0.25) is 0 Å². The third kappa shape index (κ3) is 2.96. The Morgan fingerprint density at radius 3 is 2.33 bits per heavy atom. The highest BCUT2D eigenvalue weighted by atomic mass is 32.1. The largest absolute Gasteiger partial charge is 0.440 e. The molecule has 2 aromatic carbocycles. The smallest absolute Gasteiger partial charge is 0.340 e. The van der Waals surface area contributed by atoms with Crippen LogP contribution in [0.3, 0.4) is 0 Å². The molecule has 5 rings (SSSR count). The fourth-order valence-corrected chi connectivity index (χ4v) is 4.14. The van der Waals surface area contributed by atoms with Crippen molar-refractivity contribution in [3.05, 3.63) is 88.8 Å². The molecule has 6 nitrogen and oxygen atoms in total. The number of carbonyl (C=O) groups excluding carboxylic acids is 3. The molecule has 0 spiro atoms. The number of nitrogens with zero attached hydrogens (tertiary/aromatic N) is 2. The molecule has 0 aliphatic carbocycles. The van der Waals surface area contributed by atoms with E-state index in [0.717, 1.165) is 9.78 Å². The van der Waals surface area contributed by atoms with Crippen LogP contribution in [0.25, 0.3) is 21.5 Å². The number of aromatic nitrogens is 1. The van der Waals surface area contributed by atoms with Crippen molar-refractivity contribution in [2.24, 2.45) is 0 Å². The lowest BCUT2D eigenvalue weighted by molar-refractivity contribution is 0.0229. The van der Waals surface area contributed by atoms with Gasteiger partial charge < -0.3 is 4.74 Å². The van der Waals surface area contributed by atoms with Crippen LogP contribution in [0, 0.1) is 0 Å². The molecule has 4 aromatic rings. The summed E-state index contributed by atoms with van der Waals surface area (Å²) in [5.41, 5.74) is 2.29. The van der Waals surface area contributed by atoms with E-state index < -0.39 is 24.5 Å². The van der Waals surface area contributed by atoms with Crippen LogP contribution in [-0.4, -0.2) is 34.4 Å². The molecule has 0 radical (unpaired) electrons. The summed E-state index contributed by atoms with van der Waals surface area (Å²) in [4.78, 5) is 44.4. The third-order valence-electron chi connectivity index (χ3n) is 4.91. The number of thiophene rings is 1. The first-order chi connectivity index (χ1) is 14.6. The molecule has 0 saturated heterocycles. The lowest BCUT2D eigenvalue weighted by atomic mass is 10.1. The quantitative estimate of drug-likeness (QED) is 0.366. The number of para-hydroxylation sites is 1. The molecular weight excluding hydrogens is 400 g/mol. The molecule has 0 unspecified atom stereocenters. The predicted molar refractivity (Wildman–Crippen MR) is 112 cm³/mol. The van der Waals surface area contributed by atoms with Crippen LogP contribution in [0.1, 0.15) is 31.1 Å². The first-order valence-corrected chi connectivity index (χ1v) is 10.1. The van der Waals surface area contributed by atoms with Crippen molar-refractivity contribution in [1.29, 1.82) is 0 Å². The van der Waals surface area contributed by atoms with Gasteiger partial charge >= 0.3 is 5.97 Å². The van der Waals surface area contributed by atoms with E-state index >= 15 is 0 Å². The average molecular weight is 414 g/mol. The van der Waals surface area contributed by atoms with E-state index in [1.165, 1.54) is 11.3 Å². The number of imide groups is 1. The van der Waals surface area contributed by atoms with Gasteiger partial charge in [0.2, 0.25) is 0 Å². The number of fused-ring (bicyclic) bond motifs is 2. The summed E-state index contributed by atoms with van der Waals surface area (Å²) in [6.45, 7) is -0.448. The Morgan fingerprint density at radius 2 is 1.63 bits per heavy atom. The average Bonchev–Trinajstić information content (AvgIpc) is 3.40. The molecule has 2 aromatic heterocycles. The number of carbonyl (C=O) groups is 3.